The van der Waals surface area contributed by atoms with Crippen LogP contribution in [0, 0.1) is 10.1 Å². The van der Waals surface area contributed by atoms with Crippen LogP contribution in [0.1, 0.15) is 5.56 Å². The summed E-state index contributed by atoms with van der Waals surface area (Å²) in [6, 6.07) is 11.2. The molecule has 0 N–H and O–H groups in total. The number of methoxy groups -OCH3 is 2. The monoisotopic (exact) mass is 410 g/mol. The maximum atomic E-state index is 12.9. The minimum Gasteiger partial charge on any atom is -0.493 e. The van der Waals surface area contributed by atoms with E-state index in [-0.39, 0.29) is 11.2 Å². The molecule has 0 aliphatic carbocycles. The minimum absolute atomic E-state index is 0.00887. The van der Waals surface area contributed by atoms with Gasteiger partial charge in [-0.05, 0) is 42.0 Å². The fourth-order valence-corrected chi connectivity index (χ4v) is 3.78. The summed E-state index contributed by atoms with van der Waals surface area (Å²) in [5.74, 6) is 1.48. The number of benzene rings is 2. The Morgan fingerprint density at radius 3 is 2.45 bits per heavy atom. The van der Waals surface area contributed by atoms with Gasteiger partial charge in [-0.1, -0.05) is 11.3 Å². The Bertz CT molecular complexity index is 1330. The normalized spacial score (nSPS) is 11.7. The predicted octanol–water partition coefficient (Wildman–Crippen LogP) is 2.29. The summed E-state index contributed by atoms with van der Waals surface area (Å²) >= 11 is 1.19. The van der Waals surface area contributed by atoms with Crippen LogP contribution in [0.4, 0.5) is 5.69 Å². The van der Waals surface area contributed by atoms with Gasteiger partial charge in [0.15, 0.2) is 17.3 Å². The van der Waals surface area contributed by atoms with Crippen molar-refractivity contribution in [2.45, 2.75) is 0 Å². The van der Waals surface area contributed by atoms with Crippen LogP contribution in [-0.2, 0) is 0 Å². The molecule has 0 fully saturated rings. The highest BCUT2D eigenvalue weighted by Crippen LogP contribution is 2.31. The largest absolute Gasteiger partial charge is 0.493 e. The first-order valence-electron chi connectivity index (χ1n) is 8.38. The number of nitro groups is 1. The lowest BCUT2D eigenvalue weighted by molar-refractivity contribution is -0.384. The Morgan fingerprint density at radius 1 is 1.07 bits per heavy atom. The number of ether oxygens (including phenoxy) is 2. The molecule has 0 bridgehead atoms. The van der Waals surface area contributed by atoms with Crippen molar-refractivity contribution in [3.05, 3.63) is 73.0 Å². The van der Waals surface area contributed by atoms with Crippen molar-refractivity contribution in [3.63, 3.8) is 0 Å². The Kier molecular flexibility index (Phi) is 4.69. The van der Waals surface area contributed by atoms with Gasteiger partial charge < -0.3 is 9.47 Å². The highest BCUT2D eigenvalue weighted by Gasteiger charge is 2.16. The zero-order valence-electron chi connectivity index (χ0n) is 15.4. The number of hydrogen-bond acceptors (Lipinski definition) is 8. The third-order valence-corrected chi connectivity index (χ3v) is 5.25. The van der Waals surface area contributed by atoms with E-state index < -0.39 is 4.92 Å². The average molecular weight is 410 g/mol. The van der Waals surface area contributed by atoms with Gasteiger partial charge in [-0.25, -0.2) is 4.40 Å². The fraction of sp³-hybridized carbons (Fsp3) is 0.105. The second kappa shape index (κ2) is 7.32. The smallest absolute Gasteiger partial charge is 0.276 e. The second-order valence-electron chi connectivity index (χ2n) is 5.98. The molecule has 0 unspecified atom stereocenters. The molecule has 9 nitrogen and oxygen atoms in total. The van der Waals surface area contributed by atoms with Crippen LogP contribution in [0.5, 0.6) is 11.5 Å². The summed E-state index contributed by atoms with van der Waals surface area (Å²) in [4.78, 5) is 23.7. The van der Waals surface area contributed by atoms with E-state index in [9.17, 15) is 14.9 Å². The van der Waals surface area contributed by atoms with E-state index in [1.165, 1.54) is 35.0 Å². The van der Waals surface area contributed by atoms with Crippen molar-refractivity contribution in [1.29, 1.82) is 0 Å². The average Bonchev–Trinajstić information content (AvgIpc) is 3.28. The summed E-state index contributed by atoms with van der Waals surface area (Å²) in [7, 11) is 3.07. The Balaban J connectivity index is 1.81. The number of rotatable bonds is 5. The van der Waals surface area contributed by atoms with E-state index in [1.54, 1.807) is 43.5 Å². The number of hydrogen-bond donors (Lipinski definition) is 0. The molecule has 0 saturated heterocycles. The minimum atomic E-state index is -0.469. The van der Waals surface area contributed by atoms with Crippen molar-refractivity contribution < 1.29 is 14.4 Å². The molecule has 29 heavy (non-hydrogen) atoms. The SMILES string of the molecule is COc1ccc(-c2nnc3sc(=Cc4ccc([N+](=O)[O-])cc4)c(=O)n23)cc1OC. The van der Waals surface area contributed by atoms with E-state index in [1.807, 2.05) is 0 Å². The highest BCUT2D eigenvalue weighted by atomic mass is 32.1. The van der Waals surface area contributed by atoms with Gasteiger partial charge in [0.1, 0.15) is 0 Å². The topological polar surface area (TPSA) is 109 Å². The summed E-state index contributed by atoms with van der Waals surface area (Å²) in [6.07, 6.45) is 1.67. The molecular weight excluding hydrogens is 396 g/mol. The highest BCUT2D eigenvalue weighted by molar-refractivity contribution is 7.15. The molecular formula is C19H14N4O5S. The zero-order valence-corrected chi connectivity index (χ0v) is 16.2. The first-order valence-corrected chi connectivity index (χ1v) is 9.20. The molecule has 0 aliphatic rings. The van der Waals surface area contributed by atoms with Crippen LogP contribution in [-0.4, -0.2) is 33.7 Å². The van der Waals surface area contributed by atoms with Crippen LogP contribution in [0.25, 0.3) is 22.4 Å². The van der Waals surface area contributed by atoms with Crippen molar-refractivity contribution in [3.8, 4) is 22.9 Å². The van der Waals surface area contributed by atoms with Gasteiger partial charge in [-0.15, -0.1) is 10.2 Å². The van der Waals surface area contributed by atoms with E-state index in [2.05, 4.69) is 10.2 Å². The van der Waals surface area contributed by atoms with Gasteiger partial charge in [0.2, 0.25) is 4.96 Å². The van der Waals surface area contributed by atoms with Crippen molar-refractivity contribution in [2.24, 2.45) is 0 Å². The lowest BCUT2D eigenvalue weighted by Crippen LogP contribution is -2.23. The number of nitro benzene ring substituents is 1. The quantitative estimate of drug-likeness (QED) is 0.367. The number of thiazole rings is 1. The molecule has 10 heteroatoms. The molecule has 0 aliphatic heterocycles. The Labute approximate surface area is 167 Å². The lowest BCUT2D eigenvalue weighted by Gasteiger charge is -2.08. The third-order valence-electron chi connectivity index (χ3n) is 4.29. The van der Waals surface area contributed by atoms with E-state index in [4.69, 9.17) is 9.47 Å². The molecule has 4 aromatic rings. The number of fused-ring (bicyclic) bond motifs is 1. The molecule has 0 spiro atoms. The standard InChI is InChI=1S/C19H14N4O5S/c1-27-14-8-5-12(10-15(14)28-2)17-20-21-19-22(17)18(24)16(29-19)9-11-3-6-13(7-4-11)23(25)26/h3-10H,1-2H3. The van der Waals surface area contributed by atoms with Crippen LogP contribution >= 0.6 is 11.3 Å². The van der Waals surface area contributed by atoms with E-state index in [0.717, 1.165) is 0 Å². The maximum Gasteiger partial charge on any atom is 0.276 e. The van der Waals surface area contributed by atoms with Crippen LogP contribution in [0.15, 0.2) is 47.3 Å². The van der Waals surface area contributed by atoms with Crippen LogP contribution in [0.3, 0.4) is 0 Å². The zero-order chi connectivity index (χ0) is 20.5. The van der Waals surface area contributed by atoms with Gasteiger partial charge >= 0.3 is 0 Å². The van der Waals surface area contributed by atoms with Gasteiger partial charge in [0.25, 0.3) is 11.2 Å². The number of nitrogens with zero attached hydrogens (tertiary/aromatic N) is 4. The molecule has 0 atom stereocenters. The molecule has 146 valence electrons. The number of non-ortho nitro benzene ring substituents is 1. The van der Waals surface area contributed by atoms with E-state index in [0.29, 0.717) is 37.9 Å². The predicted molar refractivity (Wildman–Crippen MR) is 108 cm³/mol. The number of aromatic nitrogens is 3. The van der Waals surface area contributed by atoms with Gasteiger partial charge in [-0.3, -0.25) is 14.9 Å². The lowest BCUT2D eigenvalue weighted by atomic mass is 10.2. The molecule has 4 rings (SSSR count). The van der Waals surface area contributed by atoms with Gasteiger partial charge in [0, 0.05) is 17.7 Å². The van der Waals surface area contributed by atoms with Gasteiger partial charge in [-0.2, -0.15) is 0 Å². The van der Waals surface area contributed by atoms with Gasteiger partial charge in [0.05, 0.1) is 23.7 Å². The van der Waals surface area contributed by atoms with Crippen LogP contribution in [0.2, 0.25) is 0 Å². The molecule has 2 heterocycles. The fourth-order valence-electron chi connectivity index (χ4n) is 2.87. The molecule has 0 amide bonds. The van der Waals surface area contributed by atoms with Crippen molar-refractivity contribution in [1.82, 2.24) is 14.6 Å². The first-order chi connectivity index (χ1) is 14.0. The summed E-state index contributed by atoms with van der Waals surface area (Å²) in [5, 5.41) is 19.0. The Morgan fingerprint density at radius 2 is 1.79 bits per heavy atom. The molecule has 0 radical (unpaired) electrons. The molecule has 0 saturated carbocycles. The summed E-state index contributed by atoms with van der Waals surface area (Å²) in [6.45, 7) is 0. The van der Waals surface area contributed by atoms with Crippen molar-refractivity contribution in [2.75, 3.05) is 14.2 Å². The van der Waals surface area contributed by atoms with Crippen LogP contribution < -0.4 is 19.6 Å². The Hall–Kier alpha value is -3.79. The molecule has 2 aromatic heterocycles. The third kappa shape index (κ3) is 3.29. The second-order valence-corrected chi connectivity index (χ2v) is 6.98. The summed E-state index contributed by atoms with van der Waals surface area (Å²) in [5.41, 5.74) is 1.06. The summed E-state index contributed by atoms with van der Waals surface area (Å²) < 4.78 is 12.4. The molecule has 2 aromatic carbocycles. The van der Waals surface area contributed by atoms with E-state index >= 15 is 0 Å². The van der Waals surface area contributed by atoms with Crippen molar-refractivity contribution >= 4 is 28.1 Å². The maximum absolute atomic E-state index is 12.9. The first kappa shape index (κ1) is 18.6.